The summed E-state index contributed by atoms with van der Waals surface area (Å²) < 4.78 is 6.05. The number of oxime groups is 1. The first-order valence-electron chi connectivity index (χ1n) is 17.5. The van der Waals surface area contributed by atoms with Gasteiger partial charge in [0.15, 0.2) is 16.6 Å². The number of hydrogen-bond acceptors (Lipinski definition) is 10. The number of β-lactam (4-membered cyclic amide) rings is 1. The molecule has 1 fully saturated rings. The van der Waals surface area contributed by atoms with Crippen molar-refractivity contribution in [2.45, 2.75) is 23.5 Å². The van der Waals surface area contributed by atoms with Crippen molar-refractivity contribution in [2.24, 2.45) is 5.16 Å². The number of rotatable bonds is 14. The predicted octanol–water partition coefficient (Wildman–Crippen LogP) is 5.89. The number of aliphatic carboxylic acids is 1. The molecular weight excluding hydrogens is 737 g/mol. The number of nitrogens with one attached hydrogen (secondary N) is 2. The molecule has 1 saturated heterocycles. The van der Waals surface area contributed by atoms with Gasteiger partial charge in [-0.3, -0.25) is 14.5 Å². The topological polar surface area (TPSA) is 157 Å². The van der Waals surface area contributed by atoms with E-state index in [1.807, 2.05) is 123 Å². The highest BCUT2D eigenvalue weighted by Crippen LogP contribution is 2.42. The van der Waals surface area contributed by atoms with Gasteiger partial charge in [-0.15, -0.1) is 23.1 Å². The van der Waals surface area contributed by atoms with Gasteiger partial charge in [0.25, 0.3) is 11.8 Å². The maximum atomic E-state index is 13.6. The molecule has 0 saturated carbocycles. The summed E-state index contributed by atoms with van der Waals surface area (Å²) in [7, 11) is 4.08. The van der Waals surface area contributed by atoms with E-state index in [1.165, 1.54) is 28.0 Å². The second kappa shape index (κ2) is 15.8. The molecule has 7 rings (SSSR count). The Bertz CT molecular complexity index is 2160. The minimum Gasteiger partial charge on any atom is -0.477 e. The van der Waals surface area contributed by atoms with Gasteiger partial charge < -0.3 is 29.8 Å². The van der Waals surface area contributed by atoms with Gasteiger partial charge in [-0.25, -0.2) is 9.78 Å². The largest absolute Gasteiger partial charge is 0.477 e. The Kier molecular flexibility index (Phi) is 10.7. The molecule has 2 aliphatic rings. The molecule has 0 aliphatic carbocycles. The number of nitrogens with zero attached hydrogens (tertiary/aromatic N) is 4. The number of thioether (sulfide) groups is 1. The Balaban J connectivity index is 1.08. The van der Waals surface area contributed by atoms with E-state index in [0.29, 0.717) is 34.0 Å². The molecular formula is C41H39N6O6S2+. The Labute approximate surface area is 326 Å². The number of anilines is 1. The molecule has 55 heavy (non-hydrogen) atoms. The van der Waals surface area contributed by atoms with Gasteiger partial charge in [0.2, 0.25) is 0 Å². The van der Waals surface area contributed by atoms with E-state index in [9.17, 15) is 24.7 Å². The predicted molar refractivity (Wildman–Crippen MR) is 211 cm³/mol. The lowest BCUT2D eigenvalue weighted by molar-refractivity contribution is -0.898. The van der Waals surface area contributed by atoms with Crippen LogP contribution in [0.1, 0.15) is 28.1 Å². The van der Waals surface area contributed by atoms with Crippen molar-refractivity contribution in [3.05, 3.63) is 166 Å². The number of benzene rings is 3. The lowest BCUT2D eigenvalue weighted by atomic mass is 9.77. The van der Waals surface area contributed by atoms with E-state index < -0.39 is 34.7 Å². The lowest BCUT2D eigenvalue weighted by Gasteiger charge is -2.49. The minimum atomic E-state index is -1.23. The fraction of sp³-hybridized carbons (Fsp3) is 0.195. The Hall–Kier alpha value is -5.96. The zero-order chi connectivity index (χ0) is 38.6. The van der Waals surface area contributed by atoms with E-state index in [1.54, 1.807) is 17.7 Å². The summed E-state index contributed by atoms with van der Waals surface area (Å²) in [4.78, 5) is 45.4. The number of allylic oxidation sites excluding steroid dienone is 1. The number of aromatic nitrogens is 1. The van der Waals surface area contributed by atoms with Crippen LogP contribution in [0.15, 0.2) is 148 Å². The van der Waals surface area contributed by atoms with Crippen molar-refractivity contribution in [1.82, 2.24) is 15.2 Å². The highest BCUT2D eigenvalue weighted by Gasteiger charge is 2.54. The molecule has 2 atom stereocenters. The van der Waals surface area contributed by atoms with Crippen molar-refractivity contribution in [3.63, 3.8) is 0 Å². The number of hydrogen-bond donors (Lipinski definition) is 4. The maximum absolute atomic E-state index is 13.6. The van der Waals surface area contributed by atoms with Gasteiger partial charge in [-0.2, -0.15) is 0 Å². The maximum Gasteiger partial charge on any atom is 0.352 e. The van der Waals surface area contributed by atoms with Crippen LogP contribution >= 0.6 is 23.1 Å². The zero-order valence-corrected chi connectivity index (χ0v) is 31.7. The number of quaternary nitrogens is 1. The van der Waals surface area contributed by atoms with Crippen LogP contribution < -0.4 is 10.6 Å². The molecule has 0 radical (unpaired) electrons. The normalized spacial score (nSPS) is 17.5. The molecule has 4 heterocycles. The number of carboxylic acids is 1. The molecule has 3 aromatic carbocycles. The molecule has 12 nitrogen and oxygen atoms in total. The summed E-state index contributed by atoms with van der Waals surface area (Å²) in [6.45, 7) is 1.25. The Morgan fingerprint density at radius 1 is 0.982 bits per heavy atom. The fourth-order valence-corrected chi connectivity index (χ4v) is 9.01. The van der Waals surface area contributed by atoms with Crippen LogP contribution in [-0.2, 0) is 26.5 Å². The first kappa shape index (κ1) is 37.4. The van der Waals surface area contributed by atoms with Crippen LogP contribution in [0.25, 0.3) is 0 Å². The van der Waals surface area contributed by atoms with Crippen molar-refractivity contribution in [2.75, 3.05) is 31.7 Å². The second-order valence-corrected chi connectivity index (χ2v) is 15.7. The minimum absolute atomic E-state index is 0.0995. The molecule has 280 valence electrons. The number of likely N-dealkylation sites (N-methyl/N-ethyl adjacent to an activating group) is 1. The van der Waals surface area contributed by atoms with Crippen LogP contribution in [-0.4, -0.2) is 86.0 Å². The van der Waals surface area contributed by atoms with Crippen molar-refractivity contribution < 1.29 is 33.6 Å². The molecule has 4 N–H and O–H groups in total. The van der Waals surface area contributed by atoms with Crippen LogP contribution in [0, 0.1) is 0 Å². The van der Waals surface area contributed by atoms with Gasteiger partial charge in [-0.1, -0.05) is 102 Å². The highest BCUT2D eigenvalue weighted by atomic mass is 32.2. The van der Waals surface area contributed by atoms with Crippen molar-refractivity contribution in [3.8, 4) is 0 Å². The third kappa shape index (κ3) is 7.56. The summed E-state index contributed by atoms with van der Waals surface area (Å²) in [5, 5.41) is 31.2. The smallest absolute Gasteiger partial charge is 0.352 e. The van der Waals surface area contributed by atoms with E-state index in [4.69, 9.17) is 4.42 Å². The second-order valence-electron chi connectivity index (χ2n) is 13.8. The van der Waals surface area contributed by atoms with Gasteiger partial charge in [-0.05, 0) is 40.5 Å². The third-order valence-corrected chi connectivity index (χ3v) is 11.6. The van der Waals surface area contributed by atoms with Gasteiger partial charge in [0, 0.05) is 11.1 Å². The Morgan fingerprint density at radius 3 is 2.15 bits per heavy atom. The summed E-state index contributed by atoms with van der Waals surface area (Å²) in [6.07, 6.45) is 5.28. The zero-order valence-electron chi connectivity index (χ0n) is 30.0. The molecule has 0 spiro atoms. The van der Waals surface area contributed by atoms with E-state index >= 15 is 0 Å². The fourth-order valence-electron chi connectivity index (χ4n) is 6.94. The van der Waals surface area contributed by atoms with Gasteiger partial charge >= 0.3 is 5.97 Å². The monoisotopic (exact) mass is 775 g/mol. The molecule has 14 heteroatoms. The first-order valence-corrected chi connectivity index (χ1v) is 19.4. The number of fused-ring (bicyclic) bond motifs is 1. The molecule has 2 aromatic heterocycles. The number of carbonyl (C=O) groups excluding carboxylic acids is 2. The van der Waals surface area contributed by atoms with Crippen LogP contribution in [0.2, 0.25) is 0 Å². The standard InChI is InChI=1S/C41H38N6O6S2/c1-47(2,24-31-21-13-23-53-31)22-12-14-27-25-54-38-34(37(49)46(38)35(27)39(50)51)43-36(48)33(45-52)32-26-55-40(42-32)44-41(28-15-6-3-7-16-28,29-17-8-4-9-18-29)30-19-10-5-11-20-30/h3-21,23,26,34,38H,22,24-25H2,1-2H3,(H3-,42,43,44,48,50,51,52)/p+1/b14-12+/t34-,38-/m1/s1. The quantitative estimate of drug-likeness (QED) is 0.0270. The van der Waals surface area contributed by atoms with Crippen molar-refractivity contribution >= 4 is 51.7 Å². The van der Waals surface area contributed by atoms with Gasteiger partial charge in [0.05, 0.1) is 26.9 Å². The van der Waals surface area contributed by atoms with Crippen LogP contribution in [0.3, 0.4) is 0 Å². The van der Waals surface area contributed by atoms with Crippen molar-refractivity contribution in [1.29, 1.82) is 0 Å². The molecule has 2 aliphatic heterocycles. The van der Waals surface area contributed by atoms with E-state index in [0.717, 1.165) is 22.5 Å². The Morgan fingerprint density at radius 2 is 1.60 bits per heavy atom. The number of carboxylic acid groups (broad SMARTS) is 1. The number of furan rings is 1. The molecule has 0 bridgehead atoms. The summed E-state index contributed by atoms with van der Waals surface area (Å²) >= 11 is 2.58. The molecule has 5 aromatic rings. The average molecular weight is 776 g/mol. The number of carbonyl (C=O) groups is 3. The number of amides is 2. The van der Waals surface area contributed by atoms with Crippen LogP contribution in [0.4, 0.5) is 5.13 Å². The van der Waals surface area contributed by atoms with E-state index in [-0.39, 0.29) is 17.1 Å². The molecule has 2 amide bonds. The third-order valence-electron chi connectivity index (χ3n) is 9.55. The van der Waals surface area contributed by atoms with E-state index in [2.05, 4.69) is 20.8 Å². The first-order chi connectivity index (χ1) is 26.6. The average Bonchev–Trinajstić information content (AvgIpc) is 3.89. The van der Waals surface area contributed by atoms with Crippen LogP contribution in [0.5, 0.6) is 0 Å². The number of thiazole rings is 1. The highest BCUT2D eigenvalue weighted by molar-refractivity contribution is 8.00. The molecule has 0 unspecified atom stereocenters. The summed E-state index contributed by atoms with van der Waals surface area (Å²) in [5.74, 6) is -1.46. The summed E-state index contributed by atoms with van der Waals surface area (Å²) in [5.41, 5.74) is 2.10. The SMILES string of the molecule is C[N+](C)(C/C=C/C1=C(C(=O)O)N2C(=O)[C@@H](NC(=O)/C(=N\O)c3csc(NC(c4ccccc4)(c4ccccc4)c4ccccc4)n3)[C@H]2SC1)Cc1ccco1. The summed E-state index contributed by atoms with van der Waals surface area (Å²) in [6, 6.07) is 32.6. The van der Waals surface area contributed by atoms with Gasteiger partial charge in [0.1, 0.15) is 34.9 Å². The lowest BCUT2D eigenvalue weighted by Crippen LogP contribution is -2.71.